The van der Waals surface area contributed by atoms with Gasteiger partial charge < -0.3 is 4.98 Å². The summed E-state index contributed by atoms with van der Waals surface area (Å²) >= 11 is 6.74. The molecule has 0 aliphatic rings. The Morgan fingerprint density at radius 3 is 2.79 bits per heavy atom. The molecule has 1 N–H and O–H groups in total. The van der Waals surface area contributed by atoms with Gasteiger partial charge in [0.1, 0.15) is 0 Å². The van der Waals surface area contributed by atoms with Crippen molar-refractivity contribution in [2.24, 2.45) is 0 Å². The van der Waals surface area contributed by atoms with E-state index in [1.807, 2.05) is 18.2 Å². The van der Waals surface area contributed by atoms with Crippen molar-refractivity contribution in [3.63, 3.8) is 0 Å². The molecular formula is C10H7Br2NO. The van der Waals surface area contributed by atoms with Crippen LogP contribution in [0, 0.1) is 0 Å². The molecule has 1 heterocycles. The Morgan fingerprint density at radius 2 is 2.07 bits per heavy atom. The van der Waals surface area contributed by atoms with Gasteiger partial charge in [0.15, 0.2) is 0 Å². The van der Waals surface area contributed by atoms with Crippen LogP contribution in [0.4, 0.5) is 0 Å². The molecule has 2 rings (SSSR count). The molecule has 0 radical (unpaired) electrons. The molecule has 14 heavy (non-hydrogen) atoms. The second kappa shape index (κ2) is 3.87. The Labute approximate surface area is 97.6 Å². The number of hydrogen-bond acceptors (Lipinski definition) is 1. The summed E-state index contributed by atoms with van der Waals surface area (Å²) in [6.45, 7) is 0. The number of H-pyrrole nitrogens is 1. The highest BCUT2D eigenvalue weighted by atomic mass is 79.9. The van der Waals surface area contributed by atoms with E-state index in [4.69, 9.17) is 0 Å². The minimum atomic E-state index is -0.0648. The van der Waals surface area contributed by atoms with E-state index in [0.717, 1.165) is 20.9 Å². The Balaban J connectivity index is 2.87. The lowest BCUT2D eigenvalue weighted by atomic mass is 10.1. The number of alkyl halides is 1. The van der Waals surface area contributed by atoms with Crippen molar-refractivity contribution in [2.45, 2.75) is 5.33 Å². The molecule has 0 amide bonds. The molecule has 0 aliphatic heterocycles. The van der Waals surface area contributed by atoms with Gasteiger partial charge in [0.2, 0.25) is 5.56 Å². The molecule has 0 bridgehead atoms. The topological polar surface area (TPSA) is 32.9 Å². The molecule has 2 aromatic rings. The zero-order chi connectivity index (χ0) is 10.1. The number of fused-ring (bicyclic) bond motifs is 1. The second-order valence-electron chi connectivity index (χ2n) is 2.98. The molecule has 0 unspecified atom stereocenters. The number of aromatic amines is 1. The van der Waals surface area contributed by atoms with Crippen LogP contribution >= 0.6 is 31.9 Å². The summed E-state index contributed by atoms with van der Waals surface area (Å²) in [6, 6.07) is 7.48. The van der Waals surface area contributed by atoms with Crippen molar-refractivity contribution in [3.8, 4) is 0 Å². The van der Waals surface area contributed by atoms with Gasteiger partial charge in [-0.05, 0) is 17.7 Å². The van der Waals surface area contributed by atoms with Gasteiger partial charge in [0.25, 0.3) is 0 Å². The van der Waals surface area contributed by atoms with Crippen LogP contribution in [0.2, 0.25) is 0 Å². The summed E-state index contributed by atoms with van der Waals surface area (Å²) in [5, 5.41) is 1.76. The fourth-order valence-electron chi connectivity index (χ4n) is 1.42. The predicted molar refractivity (Wildman–Crippen MR) is 64.9 cm³/mol. The van der Waals surface area contributed by atoms with E-state index in [0.29, 0.717) is 5.33 Å². The number of aromatic nitrogens is 1. The maximum Gasteiger partial charge on any atom is 0.248 e. The van der Waals surface area contributed by atoms with E-state index in [1.54, 1.807) is 6.07 Å². The van der Waals surface area contributed by atoms with Crippen LogP contribution in [-0.2, 0) is 5.33 Å². The van der Waals surface area contributed by atoms with Gasteiger partial charge in [0, 0.05) is 26.8 Å². The predicted octanol–water partition coefficient (Wildman–Crippen LogP) is 3.19. The van der Waals surface area contributed by atoms with E-state index in [2.05, 4.69) is 36.8 Å². The Hall–Kier alpha value is -0.610. The van der Waals surface area contributed by atoms with Crippen molar-refractivity contribution >= 4 is 42.8 Å². The van der Waals surface area contributed by atoms with Gasteiger partial charge in [-0.3, -0.25) is 4.79 Å². The molecule has 0 saturated heterocycles. The van der Waals surface area contributed by atoms with E-state index < -0.39 is 0 Å². The SMILES string of the molecule is O=c1cc(CBr)c2ccc(Br)cc2[nH]1. The number of pyridine rings is 1. The summed E-state index contributed by atoms with van der Waals surface area (Å²) in [7, 11) is 0. The highest BCUT2D eigenvalue weighted by molar-refractivity contribution is 9.10. The highest BCUT2D eigenvalue weighted by Gasteiger charge is 2.02. The first-order valence-corrected chi connectivity index (χ1v) is 5.99. The molecule has 1 aromatic heterocycles. The van der Waals surface area contributed by atoms with Gasteiger partial charge in [-0.1, -0.05) is 37.9 Å². The highest BCUT2D eigenvalue weighted by Crippen LogP contribution is 2.21. The largest absolute Gasteiger partial charge is 0.322 e. The molecule has 0 atom stereocenters. The van der Waals surface area contributed by atoms with Crippen LogP contribution in [0.25, 0.3) is 10.9 Å². The third-order valence-electron chi connectivity index (χ3n) is 2.03. The number of hydrogen-bond donors (Lipinski definition) is 1. The summed E-state index contributed by atoms with van der Waals surface area (Å²) in [5.74, 6) is 0. The number of benzene rings is 1. The Bertz CT molecular complexity index is 533. The monoisotopic (exact) mass is 315 g/mol. The van der Waals surface area contributed by atoms with Crippen molar-refractivity contribution in [2.75, 3.05) is 0 Å². The second-order valence-corrected chi connectivity index (χ2v) is 4.46. The number of rotatable bonds is 1. The molecule has 72 valence electrons. The third kappa shape index (κ3) is 1.77. The lowest BCUT2D eigenvalue weighted by molar-refractivity contribution is 1.27. The first-order valence-electron chi connectivity index (χ1n) is 4.08. The maximum atomic E-state index is 11.3. The van der Waals surface area contributed by atoms with Crippen molar-refractivity contribution < 1.29 is 0 Å². The van der Waals surface area contributed by atoms with E-state index in [1.165, 1.54) is 0 Å². The molecule has 1 aromatic carbocycles. The smallest absolute Gasteiger partial charge is 0.248 e. The molecule has 4 heteroatoms. The standard InChI is InChI=1S/C10H7Br2NO/c11-5-6-3-10(14)13-9-4-7(12)1-2-8(6)9/h1-4H,5H2,(H,13,14). The lowest BCUT2D eigenvalue weighted by Gasteiger charge is -2.02. The number of halogens is 2. The van der Waals surface area contributed by atoms with Crippen LogP contribution in [0.3, 0.4) is 0 Å². The van der Waals surface area contributed by atoms with Crippen LogP contribution < -0.4 is 5.56 Å². The molecule has 2 nitrogen and oxygen atoms in total. The first-order chi connectivity index (χ1) is 6.70. The van der Waals surface area contributed by atoms with Crippen molar-refractivity contribution in [3.05, 3.63) is 44.7 Å². The quantitative estimate of drug-likeness (QED) is 0.805. The zero-order valence-corrected chi connectivity index (χ0v) is 10.4. The molecular weight excluding hydrogens is 310 g/mol. The Kier molecular flexibility index (Phi) is 2.74. The van der Waals surface area contributed by atoms with Gasteiger partial charge in [-0.2, -0.15) is 0 Å². The first kappa shape index (κ1) is 9.93. The van der Waals surface area contributed by atoms with Crippen molar-refractivity contribution in [1.29, 1.82) is 0 Å². The average molecular weight is 317 g/mol. The normalized spacial score (nSPS) is 10.7. The molecule has 0 spiro atoms. The van der Waals surface area contributed by atoms with Crippen LogP contribution in [0.1, 0.15) is 5.56 Å². The van der Waals surface area contributed by atoms with Gasteiger partial charge >= 0.3 is 0 Å². The molecule has 0 saturated carbocycles. The van der Waals surface area contributed by atoms with Gasteiger partial charge in [0.05, 0.1) is 0 Å². The fourth-order valence-corrected chi connectivity index (χ4v) is 2.24. The average Bonchev–Trinajstić information content (AvgIpc) is 2.15. The van der Waals surface area contributed by atoms with E-state index >= 15 is 0 Å². The van der Waals surface area contributed by atoms with Crippen LogP contribution in [0.5, 0.6) is 0 Å². The summed E-state index contributed by atoms with van der Waals surface area (Å²) in [5.41, 5.74) is 1.81. The maximum absolute atomic E-state index is 11.3. The minimum Gasteiger partial charge on any atom is -0.322 e. The van der Waals surface area contributed by atoms with Crippen LogP contribution in [-0.4, -0.2) is 4.98 Å². The van der Waals surface area contributed by atoms with Gasteiger partial charge in [-0.15, -0.1) is 0 Å². The zero-order valence-electron chi connectivity index (χ0n) is 7.18. The fraction of sp³-hybridized carbons (Fsp3) is 0.100. The van der Waals surface area contributed by atoms with Crippen molar-refractivity contribution in [1.82, 2.24) is 4.98 Å². The minimum absolute atomic E-state index is 0.0648. The third-order valence-corrected chi connectivity index (χ3v) is 3.13. The van der Waals surface area contributed by atoms with E-state index in [9.17, 15) is 4.79 Å². The van der Waals surface area contributed by atoms with Gasteiger partial charge in [-0.25, -0.2) is 0 Å². The molecule has 0 fully saturated rings. The Morgan fingerprint density at radius 1 is 1.29 bits per heavy atom. The van der Waals surface area contributed by atoms with E-state index in [-0.39, 0.29) is 5.56 Å². The lowest BCUT2D eigenvalue weighted by Crippen LogP contribution is -2.05. The summed E-state index contributed by atoms with van der Waals surface area (Å²) in [4.78, 5) is 14.1. The summed E-state index contributed by atoms with van der Waals surface area (Å²) in [6.07, 6.45) is 0. The summed E-state index contributed by atoms with van der Waals surface area (Å²) < 4.78 is 0.965. The molecule has 0 aliphatic carbocycles. The number of nitrogens with one attached hydrogen (secondary N) is 1. The van der Waals surface area contributed by atoms with Crippen LogP contribution in [0.15, 0.2) is 33.5 Å².